The van der Waals surface area contributed by atoms with E-state index in [0.717, 1.165) is 43.2 Å². The molecule has 1 heterocycles. The number of benzene rings is 2. The number of anilines is 1. The summed E-state index contributed by atoms with van der Waals surface area (Å²) in [5.41, 5.74) is 1.89. The average molecular weight is 399 g/mol. The van der Waals surface area contributed by atoms with E-state index < -0.39 is 0 Å². The fraction of sp³-hybridized carbons (Fsp3) is 0.364. The van der Waals surface area contributed by atoms with E-state index in [4.69, 9.17) is 0 Å². The molecule has 1 aliphatic rings. The van der Waals surface area contributed by atoms with E-state index in [1.54, 1.807) is 18.7 Å². The van der Waals surface area contributed by atoms with Crippen LogP contribution in [0.4, 0.5) is 5.69 Å². The second-order valence-corrected chi connectivity index (χ2v) is 8.20. The van der Waals surface area contributed by atoms with Crippen LogP contribution in [0.3, 0.4) is 0 Å². The number of amides is 1. The van der Waals surface area contributed by atoms with Gasteiger partial charge in [-0.1, -0.05) is 18.2 Å². The Bertz CT molecular complexity index is 772. The zero-order valence-electron chi connectivity index (χ0n) is 16.3. The molecule has 6 heteroatoms. The number of piperazine rings is 1. The highest BCUT2D eigenvalue weighted by Gasteiger charge is 2.22. The monoisotopic (exact) mass is 398 g/mol. The van der Waals surface area contributed by atoms with Crippen LogP contribution in [0.15, 0.2) is 59.5 Å². The minimum absolute atomic E-state index is 0.0917. The summed E-state index contributed by atoms with van der Waals surface area (Å²) in [5, 5.41) is 3.03. The van der Waals surface area contributed by atoms with Crippen molar-refractivity contribution in [3.63, 3.8) is 0 Å². The van der Waals surface area contributed by atoms with Crippen LogP contribution in [0.5, 0.6) is 0 Å². The van der Waals surface area contributed by atoms with Gasteiger partial charge in [0.25, 0.3) is 5.91 Å². The number of hydrogen-bond donors (Lipinski definition) is 2. The summed E-state index contributed by atoms with van der Waals surface area (Å²) in [7, 11) is 0. The molecule has 0 unspecified atom stereocenters. The number of Topliss-reactive ketones (excluding diaryl/α,β-unsaturated/α-hetero) is 1. The molecule has 0 spiro atoms. The maximum absolute atomic E-state index is 12.2. The third kappa shape index (κ3) is 6.11. The van der Waals surface area contributed by atoms with Gasteiger partial charge < -0.3 is 15.1 Å². The van der Waals surface area contributed by atoms with Gasteiger partial charge in [0.2, 0.25) is 0 Å². The Morgan fingerprint density at radius 1 is 1.04 bits per heavy atom. The average Bonchev–Trinajstić information content (AvgIpc) is 2.73. The SMILES string of the molecule is CC(=O)c1ccc(N2CC[NH+](CC(=O)NCCSc3ccccc3)CC2)cc1. The Balaban J connectivity index is 1.34. The lowest BCUT2D eigenvalue weighted by atomic mass is 10.1. The molecule has 3 rings (SSSR count). The van der Waals surface area contributed by atoms with Gasteiger partial charge in [-0.05, 0) is 43.3 Å². The van der Waals surface area contributed by atoms with Crippen molar-refractivity contribution < 1.29 is 14.5 Å². The molecular weight excluding hydrogens is 370 g/mol. The van der Waals surface area contributed by atoms with Crippen LogP contribution in [0.1, 0.15) is 17.3 Å². The maximum Gasteiger partial charge on any atom is 0.275 e. The summed E-state index contributed by atoms with van der Waals surface area (Å²) in [4.78, 5) is 28.5. The summed E-state index contributed by atoms with van der Waals surface area (Å²) >= 11 is 1.76. The Labute approximate surface area is 171 Å². The zero-order chi connectivity index (χ0) is 19.8. The molecule has 1 fully saturated rings. The molecule has 0 aromatic heterocycles. The number of quaternary nitrogens is 1. The minimum atomic E-state index is 0.0917. The molecule has 1 saturated heterocycles. The van der Waals surface area contributed by atoms with Gasteiger partial charge in [0.15, 0.2) is 12.3 Å². The first-order valence-electron chi connectivity index (χ1n) is 9.76. The van der Waals surface area contributed by atoms with Gasteiger partial charge in [-0.25, -0.2) is 0 Å². The highest BCUT2D eigenvalue weighted by atomic mass is 32.2. The van der Waals surface area contributed by atoms with Gasteiger partial charge in [0, 0.05) is 28.4 Å². The zero-order valence-corrected chi connectivity index (χ0v) is 17.1. The predicted molar refractivity (Wildman–Crippen MR) is 114 cm³/mol. The lowest BCUT2D eigenvalue weighted by Gasteiger charge is -2.33. The van der Waals surface area contributed by atoms with Crippen molar-refractivity contribution in [3.05, 3.63) is 60.2 Å². The molecule has 0 bridgehead atoms. The minimum Gasteiger partial charge on any atom is -0.360 e. The van der Waals surface area contributed by atoms with E-state index in [2.05, 4.69) is 22.3 Å². The lowest BCUT2D eigenvalue weighted by Crippen LogP contribution is -3.16. The predicted octanol–water partition coefficient (Wildman–Crippen LogP) is 1.50. The van der Waals surface area contributed by atoms with E-state index in [1.807, 2.05) is 42.5 Å². The Hall–Kier alpha value is -2.31. The first-order chi connectivity index (χ1) is 13.6. The Morgan fingerprint density at radius 2 is 1.71 bits per heavy atom. The van der Waals surface area contributed by atoms with Crippen LogP contribution in [-0.2, 0) is 4.79 Å². The molecule has 1 amide bonds. The van der Waals surface area contributed by atoms with Crippen molar-refractivity contribution in [3.8, 4) is 0 Å². The Morgan fingerprint density at radius 3 is 2.36 bits per heavy atom. The largest absolute Gasteiger partial charge is 0.360 e. The standard InChI is InChI=1S/C22H27N3O2S/c1-18(26)19-7-9-20(10-8-19)25-14-12-24(13-15-25)17-22(27)23-11-16-28-21-5-3-2-4-6-21/h2-10H,11-17H2,1H3,(H,23,27)/p+1. The molecular formula is C22H28N3O2S+. The fourth-order valence-corrected chi connectivity index (χ4v) is 4.12. The number of nitrogens with zero attached hydrogens (tertiary/aromatic N) is 1. The molecule has 28 heavy (non-hydrogen) atoms. The quantitative estimate of drug-likeness (QED) is 0.402. The lowest BCUT2D eigenvalue weighted by molar-refractivity contribution is -0.892. The van der Waals surface area contributed by atoms with Crippen molar-refractivity contribution in [1.29, 1.82) is 0 Å². The van der Waals surface area contributed by atoms with E-state index in [9.17, 15) is 9.59 Å². The molecule has 0 atom stereocenters. The summed E-state index contributed by atoms with van der Waals surface area (Å²) in [6.45, 7) is 6.55. The Kier molecular flexibility index (Phi) is 7.51. The first kappa shape index (κ1) is 20.4. The summed E-state index contributed by atoms with van der Waals surface area (Å²) in [6, 6.07) is 18.0. The van der Waals surface area contributed by atoms with Crippen LogP contribution in [0.25, 0.3) is 0 Å². The molecule has 1 aliphatic heterocycles. The van der Waals surface area contributed by atoms with Crippen molar-refractivity contribution in [2.45, 2.75) is 11.8 Å². The van der Waals surface area contributed by atoms with Crippen molar-refractivity contribution >= 4 is 29.1 Å². The smallest absolute Gasteiger partial charge is 0.275 e. The number of thioether (sulfide) groups is 1. The van der Waals surface area contributed by atoms with Crippen molar-refractivity contribution in [2.75, 3.05) is 49.9 Å². The van der Waals surface area contributed by atoms with E-state index in [-0.39, 0.29) is 11.7 Å². The van der Waals surface area contributed by atoms with Crippen LogP contribution >= 0.6 is 11.8 Å². The highest BCUT2D eigenvalue weighted by Crippen LogP contribution is 2.16. The van der Waals surface area contributed by atoms with Gasteiger partial charge in [-0.3, -0.25) is 9.59 Å². The number of carbonyl (C=O) groups excluding carboxylic acids is 2. The number of ketones is 1. The van der Waals surface area contributed by atoms with Gasteiger partial charge in [0.1, 0.15) is 0 Å². The highest BCUT2D eigenvalue weighted by molar-refractivity contribution is 7.99. The molecule has 5 nitrogen and oxygen atoms in total. The van der Waals surface area contributed by atoms with Crippen molar-refractivity contribution in [1.82, 2.24) is 5.32 Å². The van der Waals surface area contributed by atoms with Gasteiger partial charge in [-0.2, -0.15) is 0 Å². The summed E-state index contributed by atoms with van der Waals surface area (Å²) in [6.07, 6.45) is 0. The molecule has 2 aromatic rings. The molecule has 148 valence electrons. The maximum atomic E-state index is 12.2. The molecule has 2 aromatic carbocycles. The summed E-state index contributed by atoms with van der Waals surface area (Å²) < 4.78 is 0. The number of nitrogens with one attached hydrogen (secondary N) is 2. The van der Waals surface area contributed by atoms with Crippen LogP contribution in [0.2, 0.25) is 0 Å². The summed E-state index contributed by atoms with van der Waals surface area (Å²) in [5.74, 6) is 1.10. The topological polar surface area (TPSA) is 53.9 Å². The van der Waals surface area contributed by atoms with Crippen LogP contribution < -0.4 is 15.1 Å². The number of rotatable bonds is 8. The van der Waals surface area contributed by atoms with E-state index >= 15 is 0 Å². The number of carbonyl (C=O) groups is 2. The normalized spacial score (nSPS) is 14.7. The van der Waals surface area contributed by atoms with Gasteiger partial charge in [-0.15, -0.1) is 11.8 Å². The van der Waals surface area contributed by atoms with Gasteiger partial charge >= 0.3 is 0 Å². The van der Waals surface area contributed by atoms with Gasteiger partial charge in [0.05, 0.1) is 26.2 Å². The fourth-order valence-electron chi connectivity index (χ4n) is 3.33. The van der Waals surface area contributed by atoms with Crippen molar-refractivity contribution in [2.24, 2.45) is 0 Å². The molecule has 0 saturated carbocycles. The van der Waals surface area contributed by atoms with E-state index in [0.29, 0.717) is 13.1 Å². The third-order valence-electron chi connectivity index (χ3n) is 4.96. The second kappa shape index (κ2) is 10.3. The third-order valence-corrected chi connectivity index (χ3v) is 5.97. The van der Waals surface area contributed by atoms with E-state index in [1.165, 1.54) is 9.80 Å². The number of hydrogen-bond acceptors (Lipinski definition) is 4. The van der Waals surface area contributed by atoms with Crippen LogP contribution in [-0.4, -0.2) is 56.7 Å². The first-order valence-corrected chi connectivity index (χ1v) is 10.7. The molecule has 0 radical (unpaired) electrons. The molecule has 0 aliphatic carbocycles. The second-order valence-electron chi connectivity index (χ2n) is 7.03. The van der Waals surface area contributed by atoms with Crippen LogP contribution in [0, 0.1) is 0 Å². The molecule has 2 N–H and O–H groups in total.